The van der Waals surface area contributed by atoms with Crippen LogP contribution in [0.3, 0.4) is 0 Å². The minimum absolute atomic E-state index is 0.125. The van der Waals surface area contributed by atoms with Gasteiger partial charge < -0.3 is 15.2 Å². The SMILES string of the molecule is Cc1cc(C(Nc2ccc3c(N(OC(C)(C)C)C(=O)OC(C)(C)C)nccc3c2)C(=O)O)c(F)cc1F. The molecule has 1 heterocycles. The highest BCUT2D eigenvalue weighted by molar-refractivity contribution is 5.99. The molecule has 0 aliphatic carbocycles. The van der Waals surface area contributed by atoms with E-state index in [0.29, 0.717) is 22.5 Å². The van der Waals surface area contributed by atoms with Gasteiger partial charge in [0.15, 0.2) is 11.9 Å². The van der Waals surface area contributed by atoms with Crippen LogP contribution in [0.2, 0.25) is 0 Å². The number of aryl methyl sites for hydroxylation is 1. The summed E-state index contributed by atoms with van der Waals surface area (Å²) >= 11 is 0. The maximum absolute atomic E-state index is 14.5. The molecule has 0 bridgehead atoms. The summed E-state index contributed by atoms with van der Waals surface area (Å²) in [6, 6.07) is 6.88. The smallest absolute Gasteiger partial charge is 0.440 e. The van der Waals surface area contributed by atoms with Crippen LogP contribution in [0, 0.1) is 18.6 Å². The summed E-state index contributed by atoms with van der Waals surface area (Å²) in [4.78, 5) is 35.2. The van der Waals surface area contributed by atoms with E-state index >= 15 is 0 Å². The number of carboxylic acids is 1. The van der Waals surface area contributed by atoms with Gasteiger partial charge in [-0.15, -0.1) is 5.06 Å². The lowest BCUT2D eigenvalue weighted by molar-refractivity contribution is -0.138. The van der Waals surface area contributed by atoms with Crippen LogP contribution in [0.4, 0.5) is 25.1 Å². The molecule has 1 aromatic heterocycles. The minimum atomic E-state index is -1.47. The lowest BCUT2D eigenvalue weighted by Gasteiger charge is -2.31. The number of nitrogens with one attached hydrogen (secondary N) is 1. The first kappa shape index (κ1) is 27.8. The van der Waals surface area contributed by atoms with Crippen LogP contribution in [0.15, 0.2) is 42.6 Å². The summed E-state index contributed by atoms with van der Waals surface area (Å²) in [6.45, 7) is 12.0. The number of rotatable bonds is 6. The van der Waals surface area contributed by atoms with E-state index in [0.717, 1.165) is 5.06 Å². The van der Waals surface area contributed by atoms with Crippen LogP contribution in [0.25, 0.3) is 10.8 Å². The zero-order valence-electron chi connectivity index (χ0n) is 21.8. The largest absolute Gasteiger partial charge is 0.479 e. The fourth-order valence-electron chi connectivity index (χ4n) is 3.50. The van der Waals surface area contributed by atoms with Gasteiger partial charge in [0.25, 0.3) is 0 Å². The van der Waals surface area contributed by atoms with Gasteiger partial charge in [0.1, 0.15) is 17.2 Å². The van der Waals surface area contributed by atoms with Gasteiger partial charge in [-0.25, -0.2) is 23.4 Å². The van der Waals surface area contributed by atoms with E-state index in [1.54, 1.807) is 65.8 Å². The second-order valence-corrected chi connectivity index (χ2v) is 10.6. The van der Waals surface area contributed by atoms with Gasteiger partial charge in [-0.2, -0.15) is 0 Å². The van der Waals surface area contributed by atoms with E-state index in [9.17, 15) is 23.5 Å². The van der Waals surface area contributed by atoms with E-state index in [-0.39, 0.29) is 16.9 Å². The van der Waals surface area contributed by atoms with Crippen molar-refractivity contribution in [1.82, 2.24) is 4.98 Å². The van der Waals surface area contributed by atoms with Gasteiger partial charge in [-0.1, -0.05) is 0 Å². The molecule has 0 aliphatic heterocycles. The van der Waals surface area contributed by atoms with Gasteiger partial charge in [0.05, 0.1) is 5.60 Å². The normalized spacial score (nSPS) is 12.8. The van der Waals surface area contributed by atoms with Gasteiger partial charge in [0.2, 0.25) is 0 Å². The number of benzene rings is 2. The molecule has 1 amide bonds. The van der Waals surface area contributed by atoms with Gasteiger partial charge in [0, 0.05) is 28.9 Å². The summed E-state index contributed by atoms with van der Waals surface area (Å²) in [5, 5.41) is 14.7. The van der Waals surface area contributed by atoms with Crippen molar-refractivity contribution in [2.45, 2.75) is 65.7 Å². The van der Waals surface area contributed by atoms with Crippen molar-refractivity contribution in [2.75, 3.05) is 10.4 Å². The molecule has 0 saturated carbocycles. The highest BCUT2D eigenvalue weighted by Crippen LogP contribution is 2.32. The Morgan fingerprint density at radius 1 is 1.00 bits per heavy atom. The lowest BCUT2D eigenvalue weighted by atomic mass is 10.0. The Balaban J connectivity index is 2.03. The third-order valence-electron chi connectivity index (χ3n) is 5.01. The number of halogens is 2. The van der Waals surface area contributed by atoms with Crippen molar-refractivity contribution in [2.24, 2.45) is 0 Å². The number of nitrogens with zero attached hydrogens (tertiary/aromatic N) is 2. The zero-order chi connectivity index (χ0) is 27.7. The number of hydrogen-bond acceptors (Lipinski definition) is 6. The lowest BCUT2D eigenvalue weighted by Crippen LogP contribution is -2.42. The summed E-state index contributed by atoms with van der Waals surface area (Å²) in [6.07, 6.45) is 0.723. The Morgan fingerprint density at radius 3 is 2.27 bits per heavy atom. The Kier molecular flexibility index (Phi) is 7.73. The molecular weight excluding hydrogens is 484 g/mol. The molecule has 10 heteroatoms. The molecule has 3 aromatic rings. The van der Waals surface area contributed by atoms with Crippen molar-refractivity contribution < 1.29 is 33.1 Å². The van der Waals surface area contributed by atoms with Crippen LogP contribution in [-0.2, 0) is 14.4 Å². The average Bonchev–Trinajstić information content (AvgIpc) is 2.76. The summed E-state index contributed by atoms with van der Waals surface area (Å²) in [7, 11) is 0. The number of aliphatic carboxylic acids is 1. The Hall–Kier alpha value is -3.79. The van der Waals surface area contributed by atoms with E-state index in [1.165, 1.54) is 19.2 Å². The molecule has 0 spiro atoms. The maximum atomic E-state index is 14.5. The molecule has 8 nitrogen and oxygen atoms in total. The van der Waals surface area contributed by atoms with E-state index in [2.05, 4.69) is 10.3 Å². The molecule has 2 N–H and O–H groups in total. The number of fused-ring (bicyclic) bond motifs is 1. The van der Waals surface area contributed by atoms with E-state index < -0.39 is 40.9 Å². The first-order valence-electron chi connectivity index (χ1n) is 11.6. The highest BCUT2D eigenvalue weighted by Gasteiger charge is 2.31. The number of ether oxygens (including phenoxy) is 1. The molecule has 198 valence electrons. The Bertz CT molecular complexity index is 1330. The minimum Gasteiger partial charge on any atom is -0.479 e. The average molecular weight is 516 g/mol. The molecule has 0 radical (unpaired) electrons. The number of aromatic nitrogens is 1. The molecule has 0 fully saturated rings. The van der Waals surface area contributed by atoms with E-state index in [4.69, 9.17) is 9.57 Å². The number of carboxylic acid groups (broad SMARTS) is 1. The highest BCUT2D eigenvalue weighted by atomic mass is 19.1. The molecule has 3 rings (SSSR count). The summed E-state index contributed by atoms with van der Waals surface area (Å²) in [5.41, 5.74) is -1.25. The van der Waals surface area contributed by atoms with Crippen molar-refractivity contribution >= 4 is 34.3 Å². The number of amides is 1. The number of hydroxylamine groups is 1. The number of hydrogen-bond donors (Lipinski definition) is 2. The predicted molar refractivity (Wildman–Crippen MR) is 136 cm³/mol. The zero-order valence-corrected chi connectivity index (χ0v) is 21.8. The summed E-state index contributed by atoms with van der Waals surface area (Å²) < 4.78 is 33.7. The molecule has 0 aliphatic rings. The second-order valence-electron chi connectivity index (χ2n) is 10.6. The Labute approximate surface area is 214 Å². The number of carbonyl (C=O) groups is 2. The first-order valence-corrected chi connectivity index (χ1v) is 11.6. The maximum Gasteiger partial charge on any atom is 0.440 e. The van der Waals surface area contributed by atoms with E-state index in [1.807, 2.05) is 0 Å². The predicted octanol–water partition coefficient (Wildman–Crippen LogP) is 6.53. The monoisotopic (exact) mass is 515 g/mol. The van der Waals surface area contributed by atoms with Crippen molar-refractivity contribution in [3.63, 3.8) is 0 Å². The standard InChI is InChI=1S/C27H31F2N3O5/c1-15-12-19(21(29)14-20(15)28)22(24(33)34)31-17-8-9-18-16(13-17)10-11-30-23(18)32(37-27(5,6)7)25(35)36-26(2,3)4/h8-14,22,31H,1-7H3,(H,33,34). The molecule has 1 unspecified atom stereocenters. The molecule has 0 saturated heterocycles. The third-order valence-corrected chi connectivity index (χ3v) is 5.01. The van der Waals surface area contributed by atoms with Crippen LogP contribution in [0.1, 0.15) is 58.7 Å². The van der Waals surface area contributed by atoms with Crippen LogP contribution in [0.5, 0.6) is 0 Å². The molecule has 37 heavy (non-hydrogen) atoms. The third kappa shape index (κ3) is 6.91. The fourth-order valence-corrected chi connectivity index (χ4v) is 3.50. The van der Waals surface area contributed by atoms with Crippen molar-refractivity contribution in [3.05, 3.63) is 65.4 Å². The van der Waals surface area contributed by atoms with Crippen LogP contribution in [-0.4, -0.2) is 33.4 Å². The molecule has 2 aromatic carbocycles. The number of pyridine rings is 1. The number of carbonyl (C=O) groups excluding carboxylic acids is 1. The van der Waals surface area contributed by atoms with Crippen LogP contribution >= 0.6 is 0 Å². The van der Waals surface area contributed by atoms with Crippen molar-refractivity contribution in [3.8, 4) is 0 Å². The summed E-state index contributed by atoms with van der Waals surface area (Å²) in [5.74, 6) is -2.89. The van der Waals surface area contributed by atoms with Crippen LogP contribution < -0.4 is 10.4 Å². The second kappa shape index (κ2) is 10.3. The Morgan fingerprint density at radius 2 is 1.68 bits per heavy atom. The van der Waals surface area contributed by atoms with Gasteiger partial charge in [-0.3, -0.25) is 4.84 Å². The topological polar surface area (TPSA) is 101 Å². The molecule has 1 atom stereocenters. The first-order chi connectivity index (χ1) is 17.1. The van der Waals surface area contributed by atoms with Crippen molar-refractivity contribution in [1.29, 1.82) is 0 Å². The fraction of sp³-hybridized carbons (Fsp3) is 0.370. The van der Waals surface area contributed by atoms with Gasteiger partial charge >= 0.3 is 12.1 Å². The quantitative estimate of drug-likeness (QED) is 0.360. The van der Waals surface area contributed by atoms with Gasteiger partial charge in [-0.05, 0) is 89.7 Å². The number of anilines is 2. The molecular formula is C27H31F2N3O5.